The van der Waals surface area contributed by atoms with Gasteiger partial charge in [0, 0.05) is 17.3 Å². The van der Waals surface area contributed by atoms with Crippen LogP contribution in [0.5, 0.6) is 0 Å². The standard InChI is InChI=1S/C23H18F2N2O2S/c1-14-5-7-15(8-6-14)22(29)26-18-4-2-3-16(11-18)23-27(21(28)13-30-23)20-10-9-17(24)12-19(20)25/h2-12,23H,13H2,1H3,(H,26,29)/t23-/m1/s1. The third-order valence-electron chi connectivity index (χ3n) is 4.78. The third-order valence-corrected chi connectivity index (χ3v) is 5.99. The lowest BCUT2D eigenvalue weighted by atomic mass is 10.1. The second-order valence-corrected chi connectivity index (χ2v) is 8.04. The summed E-state index contributed by atoms with van der Waals surface area (Å²) in [5, 5.41) is 2.37. The molecule has 4 rings (SSSR count). The predicted octanol–water partition coefficient (Wildman–Crippen LogP) is 5.30. The maximum Gasteiger partial charge on any atom is 0.255 e. The molecular formula is C23H18F2N2O2S. The van der Waals surface area contributed by atoms with Crippen LogP contribution in [0.4, 0.5) is 20.2 Å². The normalized spacial score (nSPS) is 16.0. The fraction of sp³-hybridized carbons (Fsp3) is 0.130. The first-order valence-electron chi connectivity index (χ1n) is 9.29. The zero-order valence-electron chi connectivity index (χ0n) is 16.1. The summed E-state index contributed by atoms with van der Waals surface area (Å²) in [6.45, 7) is 1.95. The Morgan fingerprint density at radius 2 is 1.83 bits per heavy atom. The first-order valence-corrected chi connectivity index (χ1v) is 10.3. The Hall–Kier alpha value is -3.19. The van der Waals surface area contributed by atoms with Gasteiger partial charge in [-0.3, -0.25) is 14.5 Å². The molecule has 1 saturated heterocycles. The molecule has 3 aromatic carbocycles. The van der Waals surface area contributed by atoms with E-state index in [4.69, 9.17) is 0 Å². The maximum atomic E-state index is 14.3. The molecule has 1 atom stereocenters. The number of halogens is 2. The lowest BCUT2D eigenvalue weighted by Gasteiger charge is -2.25. The Bertz CT molecular complexity index is 1120. The minimum absolute atomic E-state index is 0.0329. The van der Waals surface area contributed by atoms with Crippen molar-refractivity contribution >= 4 is 35.0 Å². The van der Waals surface area contributed by atoms with E-state index in [1.807, 2.05) is 25.1 Å². The van der Waals surface area contributed by atoms with Crippen LogP contribution in [0.3, 0.4) is 0 Å². The molecule has 30 heavy (non-hydrogen) atoms. The summed E-state index contributed by atoms with van der Waals surface area (Å²) in [4.78, 5) is 26.3. The summed E-state index contributed by atoms with van der Waals surface area (Å²) in [6.07, 6.45) is 0. The van der Waals surface area contributed by atoms with Crippen molar-refractivity contribution in [2.45, 2.75) is 12.3 Å². The Labute approximate surface area is 176 Å². The zero-order chi connectivity index (χ0) is 21.3. The fourth-order valence-electron chi connectivity index (χ4n) is 3.29. The number of benzene rings is 3. The van der Waals surface area contributed by atoms with Crippen LogP contribution in [0.15, 0.2) is 66.7 Å². The first-order chi connectivity index (χ1) is 14.4. The fourth-order valence-corrected chi connectivity index (χ4v) is 4.44. The molecule has 1 aliphatic heterocycles. The van der Waals surface area contributed by atoms with Crippen molar-refractivity contribution in [3.05, 3.63) is 95.1 Å². The van der Waals surface area contributed by atoms with Crippen molar-refractivity contribution in [1.29, 1.82) is 0 Å². The zero-order valence-corrected chi connectivity index (χ0v) is 16.9. The topological polar surface area (TPSA) is 49.4 Å². The smallest absolute Gasteiger partial charge is 0.255 e. The van der Waals surface area contributed by atoms with E-state index in [0.717, 1.165) is 23.3 Å². The molecule has 1 N–H and O–H groups in total. The monoisotopic (exact) mass is 424 g/mol. The molecule has 1 aliphatic rings. The average molecular weight is 424 g/mol. The highest BCUT2D eigenvalue weighted by Crippen LogP contribution is 2.43. The third kappa shape index (κ3) is 4.07. The number of nitrogens with zero attached hydrogens (tertiary/aromatic N) is 1. The van der Waals surface area contributed by atoms with Gasteiger partial charge in [-0.1, -0.05) is 29.8 Å². The second kappa shape index (κ2) is 8.28. The van der Waals surface area contributed by atoms with E-state index in [-0.39, 0.29) is 23.3 Å². The van der Waals surface area contributed by atoms with Gasteiger partial charge in [-0.2, -0.15) is 0 Å². The molecule has 152 valence electrons. The van der Waals surface area contributed by atoms with Gasteiger partial charge in [-0.25, -0.2) is 8.78 Å². The predicted molar refractivity (Wildman–Crippen MR) is 115 cm³/mol. The Morgan fingerprint density at radius 3 is 2.57 bits per heavy atom. The molecule has 0 aliphatic carbocycles. The molecule has 0 aromatic heterocycles. The number of amides is 2. The summed E-state index contributed by atoms with van der Waals surface area (Å²) in [7, 11) is 0. The molecule has 0 saturated carbocycles. The van der Waals surface area contributed by atoms with Crippen molar-refractivity contribution in [2.75, 3.05) is 16.0 Å². The molecule has 2 amide bonds. The van der Waals surface area contributed by atoms with Crippen molar-refractivity contribution in [2.24, 2.45) is 0 Å². The number of aryl methyl sites for hydroxylation is 1. The van der Waals surface area contributed by atoms with Crippen LogP contribution < -0.4 is 10.2 Å². The van der Waals surface area contributed by atoms with Crippen LogP contribution in [0, 0.1) is 18.6 Å². The number of carbonyl (C=O) groups excluding carboxylic acids is 2. The average Bonchev–Trinajstić information content (AvgIpc) is 3.10. The van der Waals surface area contributed by atoms with Crippen molar-refractivity contribution in [3.63, 3.8) is 0 Å². The summed E-state index contributed by atoms with van der Waals surface area (Å²) >= 11 is 1.35. The molecule has 1 heterocycles. The molecule has 0 bridgehead atoms. The van der Waals surface area contributed by atoms with Crippen LogP contribution in [-0.2, 0) is 4.79 Å². The van der Waals surface area contributed by atoms with Gasteiger partial charge >= 0.3 is 0 Å². The highest BCUT2D eigenvalue weighted by molar-refractivity contribution is 8.00. The van der Waals surface area contributed by atoms with Gasteiger partial charge in [0.1, 0.15) is 17.0 Å². The molecule has 0 radical (unpaired) electrons. The molecule has 0 unspecified atom stereocenters. The number of carbonyl (C=O) groups is 2. The lowest BCUT2D eigenvalue weighted by molar-refractivity contribution is -0.115. The van der Waals surface area contributed by atoms with E-state index >= 15 is 0 Å². The quantitative estimate of drug-likeness (QED) is 0.618. The van der Waals surface area contributed by atoms with Gasteiger partial charge in [0.2, 0.25) is 5.91 Å². The van der Waals surface area contributed by atoms with E-state index in [2.05, 4.69) is 5.32 Å². The lowest BCUT2D eigenvalue weighted by Crippen LogP contribution is -2.28. The van der Waals surface area contributed by atoms with Crippen molar-refractivity contribution < 1.29 is 18.4 Å². The van der Waals surface area contributed by atoms with E-state index in [0.29, 0.717) is 11.3 Å². The van der Waals surface area contributed by atoms with E-state index < -0.39 is 17.0 Å². The number of nitrogens with one attached hydrogen (secondary N) is 1. The number of hydrogen-bond donors (Lipinski definition) is 1. The summed E-state index contributed by atoms with van der Waals surface area (Å²) in [5.74, 6) is -1.82. The van der Waals surface area contributed by atoms with Gasteiger partial charge in [0.15, 0.2) is 0 Å². The van der Waals surface area contributed by atoms with E-state index in [1.54, 1.807) is 30.3 Å². The number of thioether (sulfide) groups is 1. The van der Waals surface area contributed by atoms with Gasteiger partial charge in [0.05, 0.1) is 11.4 Å². The van der Waals surface area contributed by atoms with Crippen LogP contribution in [0.2, 0.25) is 0 Å². The van der Waals surface area contributed by atoms with Gasteiger partial charge in [0.25, 0.3) is 5.91 Å². The van der Waals surface area contributed by atoms with E-state index in [9.17, 15) is 18.4 Å². The minimum atomic E-state index is -0.792. The molecule has 4 nitrogen and oxygen atoms in total. The second-order valence-electron chi connectivity index (χ2n) is 6.97. The van der Waals surface area contributed by atoms with Gasteiger partial charge in [-0.05, 0) is 48.9 Å². The number of anilines is 2. The van der Waals surface area contributed by atoms with Gasteiger partial charge < -0.3 is 5.32 Å². The molecule has 3 aromatic rings. The Morgan fingerprint density at radius 1 is 1.07 bits per heavy atom. The number of hydrogen-bond acceptors (Lipinski definition) is 3. The minimum Gasteiger partial charge on any atom is -0.322 e. The van der Waals surface area contributed by atoms with Crippen LogP contribution in [-0.4, -0.2) is 17.6 Å². The Kier molecular flexibility index (Phi) is 5.55. The van der Waals surface area contributed by atoms with Gasteiger partial charge in [-0.15, -0.1) is 11.8 Å². The SMILES string of the molecule is Cc1ccc(C(=O)Nc2cccc([C@H]3SCC(=O)N3c3ccc(F)cc3F)c2)cc1. The Balaban J connectivity index is 1.60. The van der Waals surface area contributed by atoms with Crippen LogP contribution in [0.1, 0.15) is 26.9 Å². The molecule has 0 spiro atoms. The maximum absolute atomic E-state index is 14.3. The molecule has 1 fully saturated rings. The molecular weight excluding hydrogens is 406 g/mol. The van der Waals surface area contributed by atoms with Crippen molar-refractivity contribution in [1.82, 2.24) is 0 Å². The molecule has 7 heteroatoms. The highest BCUT2D eigenvalue weighted by atomic mass is 32.2. The first kappa shape index (κ1) is 20.1. The van der Waals surface area contributed by atoms with Crippen LogP contribution in [0.25, 0.3) is 0 Å². The summed E-state index contributed by atoms with van der Waals surface area (Å²) in [5.41, 5.74) is 2.93. The highest BCUT2D eigenvalue weighted by Gasteiger charge is 2.35. The summed E-state index contributed by atoms with van der Waals surface area (Å²) in [6, 6.07) is 17.5. The van der Waals surface area contributed by atoms with Crippen molar-refractivity contribution in [3.8, 4) is 0 Å². The van der Waals surface area contributed by atoms with Crippen LogP contribution >= 0.6 is 11.8 Å². The number of rotatable bonds is 4. The largest absolute Gasteiger partial charge is 0.322 e. The van der Waals surface area contributed by atoms with E-state index in [1.165, 1.54) is 22.7 Å². The summed E-state index contributed by atoms with van der Waals surface area (Å²) < 4.78 is 27.6.